The highest BCUT2D eigenvalue weighted by Gasteiger charge is 2.33. The molecule has 0 fully saturated rings. The van der Waals surface area contributed by atoms with Gasteiger partial charge in [-0.3, -0.25) is 13.9 Å². The summed E-state index contributed by atoms with van der Waals surface area (Å²) in [6.45, 7) is 4.80. The number of nitrogens with one attached hydrogen (secondary N) is 1. The molecule has 0 saturated heterocycles. The number of rotatable bonds is 11. The minimum atomic E-state index is -4.27. The van der Waals surface area contributed by atoms with Crippen LogP contribution in [0.5, 0.6) is 0 Å². The van der Waals surface area contributed by atoms with Crippen molar-refractivity contribution in [3.63, 3.8) is 0 Å². The molecule has 0 aromatic heterocycles. The summed E-state index contributed by atoms with van der Waals surface area (Å²) >= 11 is 12.3. The maximum absolute atomic E-state index is 14.6. The van der Waals surface area contributed by atoms with Crippen molar-refractivity contribution >= 4 is 50.7 Å². The standard InChI is InChI=1S/C28H30Cl2FN3O4S/c1-19(2)16-32-28(36)20(3)33(17-21-9-7-8-12-26(21)31)27(35)18-34(24-14-22(29)13-23(30)15-24)39(37,38)25-10-5-4-6-11-25/h4-15,19-20H,16-18H2,1-3H3,(H,32,36). The van der Waals surface area contributed by atoms with Gasteiger partial charge in [0.2, 0.25) is 11.8 Å². The smallest absolute Gasteiger partial charge is 0.264 e. The summed E-state index contributed by atoms with van der Waals surface area (Å²) in [5, 5.41) is 3.12. The van der Waals surface area contributed by atoms with Crippen LogP contribution in [-0.2, 0) is 26.2 Å². The first-order chi connectivity index (χ1) is 18.4. The van der Waals surface area contributed by atoms with Gasteiger partial charge in [-0.25, -0.2) is 12.8 Å². The Morgan fingerprint density at radius 1 is 0.923 bits per heavy atom. The highest BCUT2D eigenvalue weighted by atomic mass is 35.5. The van der Waals surface area contributed by atoms with Gasteiger partial charge >= 0.3 is 0 Å². The largest absolute Gasteiger partial charge is 0.354 e. The van der Waals surface area contributed by atoms with Gasteiger partial charge in [0.05, 0.1) is 10.6 Å². The number of anilines is 1. The molecule has 0 aliphatic rings. The Bertz CT molecular complexity index is 1400. The molecule has 3 rings (SSSR count). The van der Waals surface area contributed by atoms with Crippen molar-refractivity contribution in [2.24, 2.45) is 5.92 Å². The second-order valence-corrected chi connectivity index (χ2v) is 12.1. The first-order valence-corrected chi connectivity index (χ1v) is 14.4. The average Bonchev–Trinajstić information content (AvgIpc) is 2.89. The third-order valence-corrected chi connectivity index (χ3v) is 8.12. The number of carbonyl (C=O) groups is 2. The molecule has 1 atom stereocenters. The van der Waals surface area contributed by atoms with E-state index < -0.39 is 40.2 Å². The average molecular weight is 595 g/mol. The van der Waals surface area contributed by atoms with Crippen LogP contribution in [0.1, 0.15) is 26.3 Å². The monoisotopic (exact) mass is 593 g/mol. The van der Waals surface area contributed by atoms with Crippen molar-refractivity contribution in [3.8, 4) is 0 Å². The molecule has 3 aromatic carbocycles. The normalized spacial score (nSPS) is 12.2. The van der Waals surface area contributed by atoms with Crippen LogP contribution in [0.15, 0.2) is 77.7 Å². The molecule has 0 heterocycles. The minimum absolute atomic E-state index is 0.0581. The number of hydrogen-bond acceptors (Lipinski definition) is 4. The predicted octanol–water partition coefficient (Wildman–Crippen LogP) is 5.52. The van der Waals surface area contributed by atoms with Crippen molar-refractivity contribution in [3.05, 3.63) is 94.2 Å². The lowest BCUT2D eigenvalue weighted by atomic mass is 10.1. The molecule has 0 radical (unpaired) electrons. The fourth-order valence-electron chi connectivity index (χ4n) is 3.78. The number of nitrogens with zero attached hydrogens (tertiary/aromatic N) is 2. The lowest BCUT2D eigenvalue weighted by Gasteiger charge is -2.32. The quantitative estimate of drug-likeness (QED) is 0.317. The summed E-state index contributed by atoms with van der Waals surface area (Å²) < 4.78 is 42.9. The molecule has 3 aromatic rings. The molecule has 208 valence electrons. The number of carbonyl (C=O) groups excluding carboxylic acids is 2. The predicted molar refractivity (Wildman–Crippen MR) is 152 cm³/mol. The van der Waals surface area contributed by atoms with Crippen LogP contribution < -0.4 is 9.62 Å². The molecule has 39 heavy (non-hydrogen) atoms. The van der Waals surface area contributed by atoms with Gasteiger partial charge in [-0.15, -0.1) is 0 Å². The highest BCUT2D eigenvalue weighted by molar-refractivity contribution is 7.92. The molecule has 0 bridgehead atoms. The maximum Gasteiger partial charge on any atom is 0.264 e. The topological polar surface area (TPSA) is 86.8 Å². The van der Waals surface area contributed by atoms with Gasteiger partial charge in [0, 0.05) is 28.7 Å². The summed E-state index contributed by atoms with van der Waals surface area (Å²) in [4.78, 5) is 27.9. The summed E-state index contributed by atoms with van der Waals surface area (Å²) in [6.07, 6.45) is 0. The van der Waals surface area contributed by atoms with E-state index in [9.17, 15) is 22.4 Å². The molecule has 7 nitrogen and oxygen atoms in total. The van der Waals surface area contributed by atoms with Crippen molar-refractivity contribution in [1.29, 1.82) is 0 Å². The summed E-state index contributed by atoms with van der Waals surface area (Å²) in [6, 6.07) is 16.6. The van der Waals surface area contributed by atoms with Gasteiger partial charge in [-0.2, -0.15) is 0 Å². The molecule has 1 N–H and O–H groups in total. The molecular weight excluding hydrogens is 564 g/mol. The fraction of sp³-hybridized carbons (Fsp3) is 0.286. The third kappa shape index (κ3) is 7.94. The molecule has 2 amide bonds. The van der Waals surface area contributed by atoms with E-state index in [4.69, 9.17) is 23.2 Å². The van der Waals surface area contributed by atoms with Gasteiger partial charge < -0.3 is 10.2 Å². The lowest BCUT2D eigenvalue weighted by molar-refractivity contribution is -0.139. The van der Waals surface area contributed by atoms with E-state index in [1.807, 2.05) is 13.8 Å². The van der Waals surface area contributed by atoms with E-state index in [0.29, 0.717) is 6.54 Å². The van der Waals surface area contributed by atoms with E-state index in [1.165, 1.54) is 55.5 Å². The Balaban J connectivity index is 2.04. The molecule has 0 spiro atoms. The van der Waals surface area contributed by atoms with Crippen molar-refractivity contribution < 1.29 is 22.4 Å². The Hall–Kier alpha value is -3.14. The van der Waals surface area contributed by atoms with Crippen LogP contribution >= 0.6 is 23.2 Å². The van der Waals surface area contributed by atoms with E-state index >= 15 is 0 Å². The van der Waals surface area contributed by atoms with Crippen LogP contribution in [0.25, 0.3) is 0 Å². The first kappa shape index (κ1) is 30.4. The molecule has 0 aliphatic heterocycles. The summed E-state index contributed by atoms with van der Waals surface area (Å²) in [5.41, 5.74) is 0.241. The van der Waals surface area contributed by atoms with E-state index in [1.54, 1.807) is 24.3 Å². The van der Waals surface area contributed by atoms with Crippen LogP contribution in [0, 0.1) is 11.7 Å². The van der Waals surface area contributed by atoms with Crippen molar-refractivity contribution in [2.75, 3.05) is 17.4 Å². The Labute approximate surface area is 238 Å². The Morgan fingerprint density at radius 2 is 1.51 bits per heavy atom. The molecule has 0 aliphatic carbocycles. The number of hydrogen-bond donors (Lipinski definition) is 1. The van der Waals surface area contributed by atoms with E-state index in [-0.39, 0.29) is 38.7 Å². The van der Waals surface area contributed by atoms with Crippen LogP contribution in [0.3, 0.4) is 0 Å². The first-order valence-electron chi connectivity index (χ1n) is 12.2. The fourth-order valence-corrected chi connectivity index (χ4v) is 5.71. The second kappa shape index (κ2) is 13.3. The zero-order valence-electron chi connectivity index (χ0n) is 21.8. The zero-order chi connectivity index (χ0) is 28.7. The van der Waals surface area contributed by atoms with Gasteiger partial charge in [-0.05, 0) is 49.2 Å². The van der Waals surface area contributed by atoms with Crippen LogP contribution in [0.2, 0.25) is 10.0 Å². The zero-order valence-corrected chi connectivity index (χ0v) is 24.1. The minimum Gasteiger partial charge on any atom is -0.354 e. The highest BCUT2D eigenvalue weighted by Crippen LogP contribution is 2.30. The maximum atomic E-state index is 14.6. The number of sulfonamides is 1. The van der Waals surface area contributed by atoms with Crippen LogP contribution in [0.4, 0.5) is 10.1 Å². The van der Waals surface area contributed by atoms with Gasteiger partial charge in [0.1, 0.15) is 18.4 Å². The molecular formula is C28H30Cl2FN3O4S. The summed E-state index contributed by atoms with van der Waals surface area (Å²) in [5.74, 6) is -1.56. The van der Waals surface area contributed by atoms with Gasteiger partial charge in [0.15, 0.2) is 0 Å². The number of amides is 2. The van der Waals surface area contributed by atoms with E-state index in [2.05, 4.69) is 5.32 Å². The Kier molecular flexibility index (Phi) is 10.4. The molecule has 11 heteroatoms. The number of benzene rings is 3. The molecule has 1 unspecified atom stereocenters. The van der Waals surface area contributed by atoms with Crippen molar-refractivity contribution in [2.45, 2.75) is 38.3 Å². The molecule has 0 saturated carbocycles. The second-order valence-electron chi connectivity index (χ2n) is 9.38. The van der Waals surface area contributed by atoms with Crippen molar-refractivity contribution in [1.82, 2.24) is 10.2 Å². The lowest BCUT2D eigenvalue weighted by Crippen LogP contribution is -2.51. The van der Waals surface area contributed by atoms with Crippen LogP contribution in [-0.4, -0.2) is 44.3 Å². The van der Waals surface area contributed by atoms with Gasteiger partial charge in [0.25, 0.3) is 10.0 Å². The third-order valence-electron chi connectivity index (χ3n) is 5.90. The summed E-state index contributed by atoms with van der Waals surface area (Å²) in [7, 11) is -4.27. The van der Waals surface area contributed by atoms with E-state index in [0.717, 1.165) is 9.21 Å². The Morgan fingerprint density at radius 3 is 2.10 bits per heavy atom. The number of halogens is 3. The SMILES string of the molecule is CC(C)CNC(=O)C(C)N(Cc1ccccc1F)C(=O)CN(c1cc(Cl)cc(Cl)c1)S(=O)(=O)c1ccccc1. The van der Waals surface area contributed by atoms with Gasteiger partial charge in [-0.1, -0.05) is 73.4 Å².